The molecule has 7 nitrogen and oxygen atoms in total. The third-order valence-corrected chi connectivity index (χ3v) is 6.81. The van der Waals surface area contributed by atoms with Crippen LogP contribution < -0.4 is 5.32 Å². The molecule has 0 aliphatic heterocycles. The fraction of sp³-hybridized carbons (Fsp3) is 0.579. The zero-order chi connectivity index (χ0) is 20.6. The van der Waals surface area contributed by atoms with Gasteiger partial charge in [0.25, 0.3) is 0 Å². The van der Waals surface area contributed by atoms with Gasteiger partial charge >= 0.3 is 12.1 Å². The van der Waals surface area contributed by atoms with Crippen LogP contribution >= 0.6 is 19.0 Å². The number of nitrogens with one attached hydrogen (secondary N) is 1. The van der Waals surface area contributed by atoms with Crippen LogP contribution in [0.25, 0.3) is 0 Å². The Hall–Kier alpha value is -1.56. The van der Waals surface area contributed by atoms with Gasteiger partial charge in [0, 0.05) is 18.2 Å². The minimum atomic E-state index is -3.43. The minimum absolute atomic E-state index is 0.108. The summed E-state index contributed by atoms with van der Waals surface area (Å²) >= 11 is 5.86. The van der Waals surface area contributed by atoms with E-state index in [1.54, 1.807) is 24.3 Å². The number of carbonyl (C=O) groups is 2. The van der Waals surface area contributed by atoms with Crippen LogP contribution in [0.3, 0.4) is 0 Å². The van der Waals surface area contributed by atoms with Crippen molar-refractivity contribution in [3.8, 4) is 0 Å². The molecular formula is C19H27ClNO6P. The molecule has 9 heteroatoms. The number of hydrogen-bond donors (Lipinski definition) is 2. The van der Waals surface area contributed by atoms with Gasteiger partial charge < -0.3 is 19.7 Å². The van der Waals surface area contributed by atoms with Gasteiger partial charge in [-0.05, 0) is 37.0 Å². The Morgan fingerprint density at radius 2 is 1.86 bits per heavy atom. The second-order valence-corrected chi connectivity index (χ2v) is 10.0. The summed E-state index contributed by atoms with van der Waals surface area (Å²) in [5.74, 6) is -0.439. The van der Waals surface area contributed by atoms with E-state index in [2.05, 4.69) is 5.32 Å². The number of alkyl carbamates (subject to hydrolysis) is 1. The summed E-state index contributed by atoms with van der Waals surface area (Å²) in [6.07, 6.45) is 4.31. The van der Waals surface area contributed by atoms with Gasteiger partial charge in [0.05, 0.1) is 11.6 Å². The molecule has 2 rings (SSSR count). The molecule has 2 atom stereocenters. The number of carbonyl (C=O) groups excluding carboxylic acids is 2. The molecule has 0 aromatic heterocycles. The fourth-order valence-corrected chi connectivity index (χ4v) is 4.79. The normalized spacial score (nSPS) is 18.0. The van der Waals surface area contributed by atoms with Crippen molar-refractivity contribution in [3.05, 3.63) is 34.9 Å². The highest BCUT2D eigenvalue weighted by atomic mass is 35.5. The van der Waals surface area contributed by atoms with E-state index in [1.807, 2.05) is 0 Å². The molecule has 0 bridgehead atoms. The van der Waals surface area contributed by atoms with Crippen molar-refractivity contribution < 1.29 is 28.5 Å². The van der Waals surface area contributed by atoms with Crippen molar-refractivity contribution in [2.75, 3.05) is 20.0 Å². The van der Waals surface area contributed by atoms with Crippen LogP contribution in [0, 0.1) is 5.92 Å². The molecule has 0 saturated heterocycles. The molecule has 1 fully saturated rings. The van der Waals surface area contributed by atoms with Gasteiger partial charge in [0.1, 0.15) is 0 Å². The first-order valence-electron chi connectivity index (χ1n) is 9.40. The Morgan fingerprint density at radius 3 is 2.46 bits per heavy atom. The Balaban J connectivity index is 1.72. The van der Waals surface area contributed by atoms with Crippen LogP contribution in [0.4, 0.5) is 4.79 Å². The summed E-state index contributed by atoms with van der Waals surface area (Å²) in [6.45, 7) is 0.991. The topological polar surface area (TPSA) is 102 Å². The number of esters is 1. The van der Waals surface area contributed by atoms with Gasteiger partial charge in [0.2, 0.25) is 14.2 Å². The molecule has 1 aromatic carbocycles. The van der Waals surface area contributed by atoms with E-state index in [1.165, 1.54) is 6.66 Å². The number of ether oxygens (including phenoxy) is 2. The molecule has 0 radical (unpaired) electrons. The summed E-state index contributed by atoms with van der Waals surface area (Å²) in [6, 6.07) is 6.70. The summed E-state index contributed by atoms with van der Waals surface area (Å²) in [5.41, 5.74) is 0.0449. The van der Waals surface area contributed by atoms with E-state index < -0.39 is 25.9 Å². The van der Waals surface area contributed by atoms with Crippen molar-refractivity contribution in [2.24, 2.45) is 5.92 Å². The summed E-state index contributed by atoms with van der Waals surface area (Å²) in [4.78, 5) is 33.6. The quantitative estimate of drug-likeness (QED) is 0.357. The highest BCUT2D eigenvalue weighted by Crippen LogP contribution is 2.54. The third kappa shape index (κ3) is 7.46. The molecule has 0 spiro atoms. The Bertz CT molecular complexity index is 699. The van der Waals surface area contributed by atoms with Crippen molar-refractivity contribution in [1.82, 2.24) is 5.32 Å². The van der Waals surface area contributed by atoms with Crippen LogP contribution in [0.15, 0.2) is 24.3 Å². The van der Waals surface area contributed by atoms with E-state index in [0.717, 1.165) is 32.1 Å². The van der Waals surface area contributed by atoms with E-state index >= 15 is 0 Å². The minimum Gasteiger partial charge on any atom is -0.428 e. The molecule has 0 heterocycles. The number of rotatable bonds is 8. The first-order valence-corrected chi connectivity index (χ1v) is 12.0. The smallest absolute Gasteiger partial charge is 0.410 e. The molecule has 2 N–H and O–H groups in total. The number of hydrogen-bond acceptors (Lipinski definition) is 5. The second-order valence-electron chi connectivity index (χ2n) is 7.07. The summed E-state index contributed by atoms with van der Waals surface area (Å²) in [5, 5.41) is 3.05. The number of amides is 1. The maximum Gasteiger partial charge on any atom is 0.410 e. The third-order valence-electron chi connectivity index (χ3n) is 4.85. The Labute approximate surface area is 170 Å². The second kappa shape index (κ2) is 10.8. The largest absolute Gasteiger partial charge is 0.428 e. The van der Waals surface area contributed by atoms with E-state index in [4.69, 9.17) is 21.1 Å². The van der Waals surface area contributed by atoms with Crippen LogP contribution in [-0.2, 0) is 18.8 Å². The number of benzene rings is 1. The van der Waals surface area contributed by atoms with Crippen LogP contribution in [0.5, 0.6) is 0 Å². The molecule has 1 aliphatic carbocycles. The summed E-state index contributed by atoms with van der Waals surface area (Å²) in [7, 11) is -3.43. The van der Waals surface area contributed by atoms with Crippen LogP contribution in [0.2, 0.25) is 5.02 Å². The highest BCUT2D eigenvalue weighted by molar-refractivity contribution is 7.57. The highest BCUT2D eigenvalue weighted by Gasteiger charge is 2.27. The average molecular weight is 432 g/mol. The lowest BCUT2D eigenvalue weighted by atomic mass is 9.89. The predicted molar refractivity (Wildman–Crippen MR) is 107 cm³/mol. The Morgan fingerprint density at radius 1 is 1.21 bits per heavy atom. The zero-order valence-electron chi connectivity index (χ0n) is 15.9. The van der Waals surface area contributed by atoms with Crippen molar-refractivity contribution in [1.29, 1.82) is 0 Å². The Kier molecular flexibility index (Phi) is 8.80. The fourth-order valence-electron chi connectivity index (χ4n) is 3.33. The molecular weight excluding hydrogens is 405 g/mol. The monoisotopic (exact) mass is 431 g/mol. The van der Waals surface area contributed by atoms with Gasteiger partial charge in [0.15, 0.2) is 0 Å². The maximum atomic E-state index is 12.2. The molecule has 1 saturated carbocycles. The van der Waals surface area contributed by atoms with Gasteiger partial charge in [-0.25, -0.2) is 4.79 Å². The van der Waals surface area contributed by atoms with Gasteiger partial charge in [-0.2, -0.15) is 0 Å². The summed E-state index contributed by atoms with van der Waals surface area (Å²) < 4.78 is 22.0. The van der Waals surface area contributed by atoms with E-state index in [-0.39, 0.29) is 24.9 Å². The lowest BCUT2D eigenvalue weighted by Crippen LogP contribution is -2.29. The first kappa shape index (κ1) is 22.7. The van der Waals surface area contributed by atoms with Gasteiger partial charge in [-0.15, -0.1) is 0 Å². The molecule has 1 aromatic rings. The lowest BCUT2D eigenvalue weighted by molar-refractivity contribution is -0.157. The van der Waals surface area contributed by atoms with E-state index in [0.29, 0.717) is 10.6 Å². The van der Waals surface area contributed by atoms with Crippen LogP contribution in [0.1, 0.15) is 49.7 Å². The standard InChI is InChI=1S/C19H27ClNO6P/c1-28(24,25)17(14-7-9-16(20)10-8-14)11-12-21-19(23)27-13-26-18(22)15-5-3-2-4-6-15/h7-10,15,17H,2-6,11-13H2,1H3,(H,21,23)(H,24,25). The zero-order valence-corrected chi connectivity index (χ0v) is 17.6. The van der Waals surface area contributed by atoms with E-state index in [9.17, 15) is 19.0 Å². The molecule has 1 aliphatic rings. The van der Waals surface area contributed by atoms with Crippen molar-refractivity contribution >= 4 is 31.0 Å². The maximum absolute atomic E-state index is 12.2. The first-order chi connectivity index (χ1) is 13.3. The van der Waals surface area contributed by atoms with Crippen LogP contribution in [-0.4, -0.2) is 37.0 Å². The lowest BCUT2D eigenvalue weighted by Gasteiger charge is -2.21. The molecule has 1 amide bonds. The van der Waals surface area contributed by atoms with Crippen molar-refractivity contribution in [2.45, 2.75) is 44.2 Å². The molecule has 28 heavy (non-hydrogen) atoms. The predicted octanol–water partition coefficient (Wildman–Crippen LogP) is 4.48. The van der Waals surface area contributed by atoms with Gasteiger partial charge in [-0.3, -0.25) is 9.36 Å². The molecule has 156 valence electrons. The SMILES string of the molecule is CP(=O)(O)C(CCNC(=O)OCOC(=O)C1CCCCC1)c1ccc(Cl)cc1. The average Bonchev–Trinajstić information content (AvgIpc) is 2.66. The van der Waals surface area contributed by atoms with Crippen molar-refractivity contribution in [3.63, 3.8) is 0 Å². The number of halogens is 1. The molecule has 2 unspecified atom stereocenters. The van der Waals surface area contributed by atoms with Gasteiger partial charge in [-0.1, -0.05) is 43.0 Å².